The van der Waals surface area contributed by atoms with Crippen LogP contribution in [0.4, 0.5) is 5.88 Å². The zero-order valence-corrected chi connectivity index (χ0v) is 20.1. The van der Waals surface area contributed by atoms with Crippen LogP contribution in [-0.4, -0.2) is 36.0 Å². The molecule has 0 bridgehead atoms. The number of nitrogens with zero attached hydrogens (tertiary/aromatic N) is 3. The molecule has 0 atom stereocenters. The summed E-state index contributed by atoms with van der Waals surface area (Å²) in [5.74, 6) is 0.770. The summed E-state index contributed by atoms with van der Waals surface area (Å²) >= 11 is 0. The Balaban J connectivity index is 1.38. The molecule has 0 radical (unpaired) electrons. The first-order valence-corrected chi connectivity index (χ1v) is 12.6. The largest absolute Gasteiger partial charge is 0.447 e. The minimum absolute atomic E-state index is 0.0642. The van der Waals surface area contributed by atoms with Crippen LogP contribution in [0.15, 0.2) is 53.1 Å². The number of benzene rings is 2. The van der Waals surface area contributed by atoms with Crippen molar-refractivity contribution in [1.29, 1.82) is 5.26 Å². The number of hydrogen-bond acceptors (Lipinski definition) is 4. The van der Waals surface area contributed by atoms with Crippen molar-refractivity contribution in [3.05, 3.63) is 65.4 Å². The molecule has 5 rings (SSSR count). The van der Waals surface area contributed by atoms with E-state index in [4.69, 9.17) is 4.42 Å². The van der Waals surface area contributed by atoms with Crippen LogP contribution in [0.5, 0.6) is 0 Å². The van der Waals surface area contributed by atoms with E-state index in [0.29, 0.717) is 5.88 Å². The Morgan fingerprint density at radius 2 is 1.85 bits per heavy atom. The highest BCUT2D eigenvalue weighted by Crippen LogP contribution is 2.42. The smallest absolute Gasteiger partial charge is 0.226 e. The number of hydrogen-bond donors (Lipinski definition) is 0. The molecular formula is C29H33N3O2. The summed E-state index contributed by atoms with van der Waals surface area (Å²) in [7, 11) is 0. The number of nitriles is 1. The molecule has 2 aromatic carbocycles. The molecule has 1 aliphatic carbocycles. The lowest BCUT2D eigenvalue weighted by Crippen LogP contribution is -2.54. The van der Waals surface area contributed by atoms with E-state index < -0.39 is 0 Å². The van der Waals surface area contributed by atoms with Crippen molar-refractivity contribution in [3.8, 4) is 6.07 Å². The first-order valence-electron chi connectivity index (χ1n) is 12.6. The maximum absolute atomic E-state index is 13.1. The second-order valence-corrected chi connectivity index (χ2v) is 9.95. The molecule has 34 heavy (non-hydrogen) atoms. The number of anilines is 1. The fourth-order valence-electron chi connectivity index (χ4n) is 6.07. The number of amides is 1. The summed E-state index contributed by atoms with van der Waals surface area (Å²) in [6, 6.07) is 16.5. The van der Waals surface area contributed by atoms with E-state index in [-0.39, 0.29) is 11.4 Å². The molecule has 0 unspecified atom stereocenters. The van der Waals surface area contributed by atoms with Crippen LogP contribution in [0.1, 0.15) is 62.1 Å². The predicted octanol–water partition coefficient (Wildman–Crippen LogP) is 5.85. The van der Waals surface area contributed by atoms with Crippen LogP contribution in [0.3, 0.4) is 0 Å². The number of rotatable bonds is 5. The van der Waals surface area contributed by atoms with E-state index in [0.717, 1.165) is 80.9 Å². The van der Waals surface area contributed by atoms with Gasteiger partial charge in [0.1, 0.15) is 6.26 Å². The Kier molecular flexibility index (Phi) is 6.43. The molecule has 1 aromatic heterocycles. The average Bonchev–Trinajstić information content (AvgIpc) is 3.16. The molecule has 1 amide bonds. The third-order valence-corrected chi connectivity index (χ3v) is 7.89. The van der Waals surface area contributed by atoms with Crippen molar-refractivity contribution in [2.75, 3.05) is 24.5 Å². The molecule has 0 N–H and O–H groups in total. The van der Waals surface area contributed by atoms with E-state index in [1.165, 1.54) is 17.5 Å². The maximum atomic E-state index is 13.1. The average molecular weight is 456 g/mol. The molecule has 2 heterocycles. The monoisotopic (exact) mass is 455 g/mol. The summed E-state index contributed by atoms with van der Waals surface area (Å²) < 4.78 is 6.06. The van der Waals surface area contributed by atoms with Gasteiger partial charge in [-0.15, -0.1) is 0 Å². The van der Waals surface area contributed by atoms with Crippen LogP contribution < -0.4 is 4.90 Å². The summed E-state index contributed by atoms with van der Waals surface area (Å²) in [4.78, 5) is 17.7. The zero-order valence-electron chi connectivity index (χ0n) is 20.1. The van der Waals surface area contributed by atoms with E-state index in [1.807, 2.05) is 29.2 Å². The van der Waals surface area contributed by atoms with Crippen molar-refractivity contribution in [1.82, 2.24) is 4.90 Å². The van der Waals surface area contributed by atoms with Gasteiger partial charge >= 0.3 is 0 Å². The molecule has 1 fully saturated rings. The highest BCUT2D eigenvalue weighted by molar-refractivity contribution is 6.01. The van der Waals surface area contributed by atoms with Gasteiger partial charge in [-0.1, -0.05) is 43.5 Å². The first kappa shape index (κ1) is 22.7. The van der Waals surface area contributed by atoms with E-state index in [2.05, 4.69) is 29.2 Å². The summed E-state index contributed by atoms with van der Waals surface area (Å²) in [6.07, 6.45) is 10.2. The van der Waals surface area contributed by atoms with Gasteiger partial charge in [-0.25, -0.2) is 0 Å². The van der Waals surface area contributed by atoms with Gasteiger partial charge in [0.15, 0.2) is 0 Å². The fraction of sp³-hybridized carbons (Fsp3) is 0.448. The fourth-order valence-corrected chi connectivity index (χ4v) is 6.07. The molecular weight excluding hydrogens is 422 g/mol. The van der Waals surface area contributed by atoms with Crippen LogP contribution in [-0.2, 0) is 17.6 Å². The highest BCUT2D eigenvalue weighted by atomic mass is 16.3. The van der Waals surface area contributed by atoms with Crippen molar-refractivity contribution in [2.45, 2.75) is 63.8 Å². The molecule has 2 aliphatic rings. The number of carbonyl (C=O) groups is 1. The SMILES string of the molecule is CC(=O)N(c1occ2ccccc12)C1(CCN2CCc3ccc(C#N)cc3CC2)CCCCC1. The van der Waals surface area contributed by atoms with Crippen molar-refractivity contribution in [3.63, 3.8) is 0 Å². The predicted molar refractivity (Wildman–Crippen MR) is 135 cm³/mol. The third-order valence-electron chi connectivity index (χ3n) is 7.89. The molecule has 5 heteroatoms. The molecule has 0 spiro atoms. The lowest BCUT2D eigenvalue weighted by molar-refractivity contribution is -0.118. The normalized spacial score (nSPS) is 18.1. The standard InChI is InChI=1S/C29H33N3O2/c1-22(33)32(28-27-8-4-3-7-26(27)21-34-28)29(13-5-2-6-14-29)15-18-31-16-11-24-10-9-23(20-30)19-25(24)12-17-31/h3-4,7-10,19,21H,2,5-6,11-18H2,1H3. The van der Waals surface area contributed by atoms with Gasteiger partial charge in [0, 0.05) is 37.3 Å². The van der Waals surface area contributed by atoms with Crippen LogP contribution in [0.2, 0.25) is 0 Å². The Hall–Kier alpha value is -3.10. The zero-order chi connectivity index (χ0) is 23.5. The number of furan rings is 1. The second kappa shape index (κ2) is 9.64. The van der Waals surface area contributed by atoms with Gasteiger partial charge < -0.3 is 9.32 Å². The van der Waals surface area contributed by atoms with E-state index >= 15 is 0 Å². The Labute approximate surface area is 202 Å². The van der Waals surface area contributed by atoms with Crippen LogP contribution in [0.25, 0.3) is 10.8 Å². The molecule has 176 valence electrons. The summed E-state index contributed by atoms with van der Waals surface area (Å²) in [5, 5.41) is 11.3. The van der Waals surface area contributed by atoms with Gasteiger partial charge in [0.25, 0.3) is 0 Å². The number of fused-ring (bicyclic) bond motifs is 2. The topological polar surface area (TPSA) is 60.5 Å². The quantitative estimate of drug-likeness (QED) is 0.484. The van der Waals surface area contributed by atoms with Crippen LogP contribution >= 0.6 is 0 Å². The molecule has 1 aliphatic heterocycles. The third kappa shape index (κ3) is 4.35. The van der Waals surface area contributed by atoms with E-state index in [1.54, 1.807) is 13.2 Å². The molecule has 3 aromatic rings. The van der Waals surface area contributed by atoms with Crippen molar-refractivity contribution < 1.29 is 9.21 Å². The first-order chi connectivity index (χ1) is 16.6. The highest BCUT2D eigenvalue weighted by Gasteiger charge is 2.42. The minimum Gasteiger partial charge on any atom is -0.447 e. The lowest BCUT2D eigenvalue weighted by atomic mass is 9.77. The molecule has 5 nitrogen and oxygen atoms in total. The van der Waals surface area contributed by atoms with Gasteiger partial charge in [-0.3, -0.25) is 9.69 Å². The second-order valence-electron chi connectivity index (χ2n) is 9.95. The van der Waals surface area contributed by atoms with Crippen molar-refractivity contribution >= 4 is 22.6 Å². The van der Waals surface area contributed by atoms with E-state index in [9.17, 15) is 10.1 Å². The summed E-state index contributed by atoms with van der Waals surface area (Å²) in [6.45, 7) is 4.64. The molecule has 1 saturated carbocycles. The van der Waals surface area contributed by atoms with Gasteiger partial charge in [0.2, 0.25) is 11.8 Å². The number of carbonyl (C=O) groups excluding carboxylic acids is 1. The van der Waals surface area contributed by atoms with Crippen LogP contribution in [0, 0.1) is 11.3 Å². The van der Waals surface area contributed by atoms with Gasteiger partial charge in [-0.2, -0.15) is 5.26 Å². The van der Waals surface area contributed by atoms with Gasteiger partial charge in [-0.05, 0) is 61.4 Å². The Bertz CT molecular complexity index is 1220. The van der Waals surface area contributed by atoms with Crippen molar-refractivity contribution in [2.24, 2.45) is 0 Å². The Morgan fingerprint density at radius 3 is 2.62 bits per heavy atom. The summed E-state index contributed by atoms with van der Waals surface area (Å²) in [5.41, 5.74) is 3.21. The minimum atomic E-state index is -0.210. The Morgan fingerprint density at radius 1 is 1.09 bits per heavy atom. The molecule has 0 saturated heterocycles. The van der Waals surface area contributed by atoms with Gasteiger partial charge in [0.05, 0.1) is 17.2 Å². The lowest BCUT2D eigenvalue weighted by Gasteiger charge is -2.46. The maximum Gasteiger partial charge on any atom is 0.226 e.